The van der Waals surface area contributed by atoms with Crippen LogP contribution < -0.4 is 5.32 Å². The molecule has 0 saturated carbocycles. The maximum Gasteiger partial charge on any atom is 0.103 e. The predicted molar refractivity (Wildman–Crippen MR) is 89.1 cm³/mol. The maximum absolute atomic E-state index is 4.78. The van der Waals surface area contributed by atoms with Crippen LogP contribution in [-0.4, -0.2) is 16.3 Å². The Morgan fingerprint density at radius 1 is 1.32 bits per heavy atom. The van der Waals surface area contributed by atoms with E-state index in [2.05, 4.69) is 46.9 Å². The van der Waals surface area contributed by atoms with Gasteiger partial charge in [0.2, 0.25) is 0 Å². The van der Waals surface area contributed by atoms with Gasteiger partial charge >= 0.3 is 0 Å². The third kappa shape index (κ3) is 6.77. The van der Waals surface area contributed by atoms with Gasteiger partial charge in [0.05, 0.1) is 5.69 Å². The Bertz CT molecular complexity index is 378. The molecule has 1 aromatic heterocycles. The monoisotopic (exact) mass is 300 g/mol. The zero-order valence-electron chi connectivity index (χ0n) is 13.2. The lowest BCUT2D eigenvalue weighted by Crippen LogP contribution is -2.35. The zero-order chi connectivity index (χ0) is 14.5. The third-order valence-electron chi connectivity index (χ3n) is 2.61. The van der Waals surface area contributed by atoms with Crippen LogP contribution in [0.2, 0.25) is 0 Å². The molecule has 0 fully saturated rings. The van der Waals surface area contributed by atoms with Gasteiger partial charge in [-0.05, 0) is 38.9 Å². The highest BCUT2D eigenvalue weighted by atomic mass is 32.2. The maximum atomic E-state index is 4.78. The van der Waals surface area contributed by atoms with Gasteiger partial charge in [-0.25, -0.2) is 4.98 Å². The molecule has 4 heteroatoms. The first-order chi connectivity index (χ1) is 8.81. The second-order valence-corrected chi connectivity index (χ2v) is 8.54. The second kappa shape index (κ2) is 7.65. The molecular formula is C15H28N2S2. The van der Waals surface area contributed by atoms with Crippen molar-refractivity contribution in [3.63, 3.8) is 0 Å². The third-order valence-corrected chi connectivity index (χ3v) is 5.27. The lowest BCUT2D eigenvalue weighted by Gasteiger charge is -2.20. The molecule has 0 aromatic carbocycles. The summed E-state index contributed by atoms with van der Waals surface area (Å²) >= 11 is 3.88. The highest BCUT2D eigenvalue weighted by Crippen LogP contribution is 2.24. The van der Waals surface area contributed by atoms with E-state index in [1.54, 1.807) is 0 Å². The molecular weight excluding hydrogens is 272 g/mol. The van der Waals surface area contributed by atoms with Gasteiger partial charge in [0.15, 0.2) is 0 Å². The molecule has 0 bridgehead atoms. The van der Waals surface area contributed by atoms with Crippen LogP contribution in [0.5, 0.6) is 0 Å². The van der Waals surface area contributed by atoms with Crippen LogP contribution in [0, 0.1) is 5.92 Å². The molecule has 1 heterocycles. The summed E-state index contributed by atoms with van der Waals surface area (Å²) in [6.07, 6.45) is 1.03. The minimum atomic E-state index is 0.168. The van der Waals surface area contributed by atoms with Gasteiger partial charge in [-0.3, -0.25) is 0 Å². The fourth-order valence-corrected chi connectivity index (χ4v) is 3.85. The van der Waals surface area contributed by atoms with Crippen molar-refractivity contribution in [2.75, 3.05) is 5.75 Å². The van der Waals surface area contributed by atoms with Gasteiger partial charge in [0.1, 0.15) is 5.01 Å². The van der Waals surface area contributed by atoms with Crippen LogP contribution in [-0.2, 0) is 18.7 Å². The summed E-state index contributed by atoms with van der Waals surface area (Å²) in [7, 11) is 0. The van der Waals surface area contributed by atoms with Crippen molar-refractivity contribution in [2.24, 2.45) is 5.92 Å². The predicted octanol–water partition coefficient (Wildman–Crippen LogP) is 4.48. The molecule has 2 nitrogen and oxygen atoms in total. The Labute approximate surface area is 126 Å². The van der Waals surface area contributed by atoms with Gasteiger partial charge in [0.25, 0.3) is 0 Å². The molecule has 0 unspecified atom stereocenters. The summed E-state index contributed by atoms with van der Waals surface area (Å²) in [4.78, 5) is 6.20. The Balaban J connectivity index is 2.58. The quantitative estimate of drug-likeness (QED) is 0.803. The Hall–Kier alpha value is -0.0600. The summed E-state index contributed by atoms with van der Waals surface area (Å²) in [6, 6.07) is 0. The zero-order valence-corrected chi connectivity index (χ0v) is 14.8. The Kier molecular flexibility index (Phi) is 6.84. The van der Waals surface area contributed by atoms with Gasteiger partial charge in [0, 0.05) is 22.7 Å². The van der Waals surface area contributed by atoms with Crippen LogP contribution in [0.4, 0.5) is 0 Å². The molecule has 0 radical (unpaired) electrons. The van der Waals surface area contributed by atoms with Crippen molar-refractivity contribution in [1.82, 2.24) is 10.3 Å². The molecule has 0 amide bonds. The Morgan fingerprint density at radius 2 is 2.00 bits per heavy atom. The first-order valence-electron chi connectivity index (χ1n) is 7.12. The first-order valence-corrected chi connectivity index (χ1v) is 9.09. The van der Waals surface area contributed by atoms with Crippen molar-refractivity contribution < 1.29 is 0 Å². The SMILES string of the molecule is CCc1nc(CSCC(C)C)sc1CNC(C)(C)C. The number of nitrogens with one attached hydrogen (secondary N) is 1. The number of thiazole rings is 1. The molecule has 0 saturated heterocycles. The van der Waals surface area contributed by atoms with Gasteiger partial charge in [-0.15, -0.1) is 11.3 Å². The van der Waals surface area contributed by atoms with E-state index < -0.39 is 0 Å². The molecule has 0 spiro atoms. The molecule has 1 rings (SSSR count). The minimum absolute atomic E-state index is 0.168. The standard InChI is InChI=1S/C15H28N2S2/c1-7-12-13(8-16-15(4,5)6)19-14(17-12)10-18-9-11(2)3/h11,16H,7-10H2,1-6H3. The van der Waals surface area contributed by atoms with Gasteiger partial charge in [-0.1, -0.05) is 20.8 Å². The minimum Gasteiger partial charge on any atom is -0.307 e. The van der Waals surface area contributed by atoms with E-state index in [1.165, 1.54) is 21.3 Å². The number of hydrogen-bond donors (Lipinski definition) is 1. The molecule has 110 valence electrons. The highest BCUT2D eigenvalue weighted by molar-refractivity contribution is 7.98. The van der Waals surface area contributed by atoms with Crippen molar-refractivity contribution in [3.05, 3.63) is 15.6 Å². The van der Waals surface area contributed by atoms with Crippen LogP contribution in [0.15, 0.2) is 0 Å². The molecule has 0 aliphatic carbocycles. The topological polar surface area (TPSA) is 24.9 Å². The molecule has 0 aliphatic heterocycles. The fraction of sp³-hybridized carbons (Fsp3) is 0.800. The summed E-state index contributed by atoms with van der Waals surface area (Å²) in [5, 5.41) is 4.85. The number of hydrogen-bond acceptors (Lipinski definition) is 4. The van der Waals surface area contributed by atoms with E-state index in [9.17, 15) is 0 Å². The Morgan fingerprint density at radius 3 is 2.53 bits per heavy atom. The highest BCUT2D eigenvalue weighted by Gasteiger charge is 2.14. The lowest BCUT2D eigenvalue weighted by molar-refractivity contribution is 0.425. The number of aryl methyl sites for hydroxylation is 1. The van der Waals surface area contributed by atoms with E-state index in [4.69, 9.17) is 4.98 Å². The van der Waals surface area contributed by atoms with Gasteiger partial charge < -0.3 is 5.32 Å². The summed E-state index contributed by atoms with van der Waals surface area (Å²) in [5.41, 5.74) is 1.45. The molecule has 0 atom stereocenters. The largest absolute Gasteiger partial charge is 0.307 e. The van der Waals surface area contributed by atoms with Crippen LogP contribution in [0.25, 0.3) is 0 Å². The smallest absolute Gasteiger partial charge is 0.103 e. The average molecular weight is 301 g/mol. The van der Waals surface area contributed by atoms with E-state index in [-0.39, 0.29) is 5.54 Å². The summed E-state index contributed by atoms with van der Waals surface area (Å²) < 4.78 is 0. The van der Waals surface area contributed by atoms with Crippen LogP contribution in [0.3, 0.4) is 0 Å². The summed E-state index contributed by atoms with van der Waals surface area (Å²) in [6.45, 7) is 14.3. The van der Waals surface area contributed by atoms with E-state index in [0.29, 0.717) is 0 Å². The molecule has 19 heavy (non-hydrogen) atoms. The number of rotatable bonds is 7. The van der Waals surface area contributed by atoms with E-state index in [1.807, 2.05) is 23.1 Å². The van der Waals surface area contributed by atoms with Crippen molar-refractivity contribution in [2.45, 2.75) is 65.8 Å². The fourth-order valence-electron chi connectivity index (χ4n) is 1.64. The first kappa shape index (κ1) is 17.0. The number of aromatic nitrogens is 1. The van der Waals surface area contributed by atoms with E-state index in [0.717, 1.165) is 24.6 Å². The van der Waals surface area contributed by atoms with Crippen molar-refractivity contribution in [1.29, 1.82) is 0 Å². The van der Waals surface area contributed by atoms with Crippen LogP contribution >= 0.6 is 23.1 Å². The average Bonchev–Trinajstić information content (AvgIpc) is 2.67. The van der Waals surface area contributed by atoms with Gasteiger partial charge in [-0.2, -0.15) is 11.8 Å². The lowest BCUT2D eigenvalue weighted by atomic mass is 10.1. The molecule has 1 N–H and O–H groups in total. The van der Waals surface area contributed by atoms with E-state index >= 15 is 0 Å². The van der Waals surface area contributed by atoms with Crippen LogP contribution in [0.1, 0.15) is 57.1 Å². The normalized spacial score (nSPS) is 12.4. The van der Waals surface area contributed by atoms with Crippen molar-refractivity contribution >= 4 is 23.1 Å². The molecule has 0 aliphatic rings. The summed E-state index contributed by atoms with van der Waals surface area (Å²) in [5.74, 6) is 3.04. The van der Waals surface area contributed by atoms with Crippen molar-refractivity contribution in [3.8, 4) is 0 Å². The number of thioether (sulfide) groups is 1. The second-order valence-electron chi connectivity index (χ2n) is 6.34. The number of nitrogens with zero attached hydrogens (tertiary/aromatic N) is 1. The molecule has 1 aromatic rings.